The molecule has 2 nitrogen and oxygen atoms in total. The summed E-state index contributed by atoms with van der Waals surface area (Å²) in [6, 6.07) is 14.9. The number of benzene rings is 2. The topological polar surface area (TPSA) is 35.2 Å². The fraction of sp³-hybridized carbons (Fsp3) is 0.333. The third-order valence-corrected chi connectivity index (χ3v) is 4.60. The summed E-state index contributed by atoms with van der Waals surface area (Å²) in [6.07, 6.45) is 3.06. The maximum absolute atomic E-state index is 5.97. The second kappa shape index (κ2) is 6.63. The summed E-state index contributed by atoms with van der Waals surface area (Å²) in [5.74, 6) is 1.50. The first kappa shape index (κ1) is 14.6. The first-order valence-corrected chi connectivity index (χ1v) is 8.26. The lowest BCUT2D eigenvalue weighted by Crippen LogP contribution is -2.13. The fourth-order valence-corrected chi connectivity index (χ4v) is 3.56. The van der Waals surface area contributed by atoms with Gasteiger partial charge in [0, 0.05) is 10.9 Å². The highest BCUT2D eigenvalue weighted by molar-refractivity contribution is 9.10. The van der Waals surface area contributed by atoms with E-state index in [4.69, 9.17) is 10.5 Å². The first-order valence-electron chi connectivity index (χ1n) is 7.47. The molecular weight excluding hydrogens is 326 g/mol. The van der Waals surface area contributed by atoms with E-state index in [1.54, 1.807) is 0 Å². The molecule has 1 unspecified atom stereocenters. The van der Waals surface area contributed by atoms with Gasteiger partial charge in [-0.3, -0.25) is 0 Å². The minimum atomic E-state index is 0.405. The Balaban J connectivity index is 1.75. The summed E-state index contributed by atoms with van der Waals surface area (Å²) < 4.78 is 6.95. The number of hydrogen-bond donors (Lipinski definition) is 1. The van der Waals surface area contributed by atoms with Crippen LogP contribution in [0.25, 0.3) is 0 Å². The normalized spacial score (nSPS) is 14.6. The van der Waals surface area contributed by atoms with Crippen LogP contribution < -0.4 is 10.5 Å². The number of fused-ring (bicyclic) bond motifs is 1. The summed E-state index contributed by atoms with van der Waals surface area (Å²) in [4.78, 5) is 0. The van der Waals surface area contributed by atoms with Crippen LogP contribution in [0.2, 0.25) is 0 Å². The van der Waals surface area contributed by atoms with E-state index in [1.165, 1.54) is 16.7 Å². The minimum absolute atomic E-state index is 0.405. The summed E-state index contributed by atoms with van der Waals surface area (Å²) >= 11 is 3.60. The van der Waals surface area contributed by atoms with Gasteiger partial charge < -0.3 is 10.5 Å². The van der Waals surface area contributed by atoms with Crippen LogP contribution in [-0.4, -0.2) is 13.2 Å². The monoisotopic (exact) mass is 345 g/mol. The molecule has 0 saturated carbocycles. The van der Waals surface area contributed by atoms with Crippen molar-refractivity contribution in [2.45, 2.75) is 25.2 Å². The molecule has 2 N–H and O–H groups in total. The van der Waals surface area contributed by atoms with Crippen LogP contribution in [0.1, 0.15) is 29.0 Å². The van der Waals surface area contributed by atoms with E-state index in [2.05, 4.69) is 52.3 Å². The van der Waals surface area contributed by atoms with Crippen LogP contribution >= 0.6 is 15.9 Å². The highest BCUT2D eigenvalue weighted by Crippen LogP contribution is 2.34. The number of aryl methyl sites for hydroxylation is 1. The summed E-state index contributed by atoms with van der Waals surface area (Å²) in [5, 5.41) is 0. The highest BCUT2D eigenvalue weighted by Gasteiger charge is 2.18. The van der Waals surface area contributed by atoms with Gasteiger partial charge in [-0.25, -0.2) is 0 Å². The van der Waals surface area contributed by atoms with Crippen molar-refractivity contribution >= 4 is 15.9 Å². The molecule has 0 radical (unpaired) electrons. The van der Waals surface area contributed by atoms with Gasteiger partial charge in [0.25, 0.3) is 0 Å². The zero-order chi connectivity index (χ0) is 14.7. The average Bonchev–Trinajstić information content (AvgIpc) is 2.97. The van der Waals surface area contributed by atoms with Crippen LogP contribution in [0.5, 0.6) is 5.75 Å². The number of hydrogen-bond acceptors (Lipinski definition) is 2. The van der Waals surface area contributed by atoms with Crippen molar-refractivity contribution in [1.29, 1.82) is 0 Å². The van der Waals surface area contributed by atoms with Gasteiger partial charge in [-0.05, 0) is 54.1 Å². The predicted octanol–water partition coefficient (Wildman–Crippen LogP) is 4.06. The Morgan fingerprint density at radius 1 is 1.19 bits per heavy atom. The third kappa shape index (κ3) is 3.30. The van der Waals surface area contributed by atoms with Gasteiger partial charge in [0.15, 0.2) is 0 Å². The molecule has 1 aliphatic rings. The quantitative estimate of drug-likeness (QED) is 0.886. The fourth-order valence-electron chi connectivity index (χ4n) is 3.01. The van der Waals surface area contributed by atoms with Gasteiger partial charge in [-0.2, -0.15) is 0 Å². The van der Waals surface area contributed by atoms with Crippen LogP contribution in [0.15, 0.2) is 46.9 Å². The highest BCUT2D eigenvalue weighted by atomic mass is 79.9. The van der Waals surface area contributed by atoms with E-state index >= 15 is 0 Å². The largest absolute Gasteiger partial charge is 0.493 e. The van der Waals surface area contributed by atoms with E-state index in [0.717, 1.165) is 36.1 Å². The van der Waals surface area contributed by atoms with E-state index < -0.39 is 0 Å². The Morgan fingerprint density at radius 3 is 2.76 bits per heavy atom. The Kier molecular flexibility index (Phi) is 4.61. The van der Waals surface area contributed by atoms with Crippen LogP contribution in [-0.2, 0) is 12.8 Å². The van der Waals surface area contributed by atoms with E-state index in [-0.39, 0.29) is 0 Å². The first-order chi connectivity index (χ1) is 10.3. The molecule has 3 heteroatoms. The molecule has 110 valence electrons. The standard InChI is InChI=1S/C18H20BrNO/c19-17-10-14(18-15(11-17)8-9-21-18)6-7-16(12-20)13-4-2-1-3-5-13/h1-5,10-11,16H,6-9,12,20H2. The molecule has 1 aliphatic heterocycles. The Hall–Kier alpha value is -1.32. The number of halogens is 1. The summed E-state index contributed by atoms with van der Waals surface area (Å²) in [6.45, 7) is 1.48. The van der Waals surface area contributed by atoms with Crippen LogP contribution in [0, 0.1) is 0 Å². The molecule has 0 aromatic heterocycles. The van der Waals surface area contributed by atoms with E-state index in [9.17, 15) is 0 Å². The molecule has 3 rings (SSSR count). The van der Waals surface area contributed by atoms with Gasteiger partial charge in [0.1, 0.15) is 5.75 Å². The minimum Gasteiger partial charge on any atom is -0.493 e. The third-order valence-electron chi connectivity index (χ3n) is 4.14. The molecule has 0 amide bonds. The second-order valence-electron chi connectivity index (χ2n) is 5.53. The molecule has 21 heavy (non-hydrogen) atoms. The lowest BCUT2D eigenvalue weighted by molar-refractivity contribution is 0.352. The second-order valence-corrected chi connectivity index (χ2v) is 6.45. The van der Waals surface area contributed by atoms with Crippen molar-refractivity contribution in [3.63, 3.8) is 0 Å². The van der Waals surface area contributed by atoms with Gasteiger partial charge >= 0.3 is 0 Å². The number of rotatable bonds is 5. The predicted molar refractivity (Wildman–Crippen MR) is 89.9 cm³/mol. The SMILES string of the molecule is NCC(CCc1cc(Br)cc2c1OCC2)c1ccccc1. The van der Waals surface area contributed by atoms with Gasteiger partial charge in [-0.15, -0.1) is 0 Å². The molecule has 1 heterocycles. The molecule has 0 aliphatic carbocycles. The number of ether oxygens (including phenoxy) is 1. The Labute approximate surface area is 134 Å². The van der Waals surface area contributed by atoms with Gasteiger partial charge in [0.05, 0.1) is 6.61 Å². The average molecular weight is 346 g/mol. The molecule has 0 fully saturated rings. The molecular formula is C18H20BrNO. The maximum atomic E-state index is 5.97. The summed E-state index contributed by atoms with van der Waals surface area (Å²) in [7, 11) is 0. The van der Waals surface area contributed by atoms with Crippen molar-refractivity contribution in [1.82, 2.24) is 0 Å². The van der Waals surface area contributed by atoms with Gasteiger partial charge in [-0.1, -0.05) is 46.3 Å². The van der Waals surface area contributed by atoms with Crippen LogP contribution in [0.4, 0.5) is 0 Å². The summed E-state index contributed by atoms with van der Waals surface area (Å²) in [5.41, 5.74) is 9.92. The van der Waals surface area contributed by atoms with Crippen LogP contribution in [0.3, 0.4) is 0 Å². The zero-order valence-electron chi connectivity index (χ0n) is 12.0. The lowest BCUT2D eigenvalue weighted by Gasteiger charge is -2.16. The van der Waals surface area contributed by atoms with Crippen molar-refractivity contribution in [3.05, 3.63) is 63.6 Å². The molecule has 2 aromatic rings. The zero-order valence-corrected chi connectivity index (χ0v) is 13.6. The van der Waals surface area contributed by atoms with E-state index in [0.29, 0.717) is 12.5 Å². The van der Waals surface area contributed by atoms with Gasteiger partial charge in [0.2, 0.25) is 0 Å². The van der Waals surface area contributed by atoms with Crippen molar-refractivity contribution in [3.8, 4) is 5.75 Å². The molecule has 0 spiro atoms. The van der Waals surface area contributed by atoms with E-state index in [1.807, 2.05) is 6.07 Å². The molecule has 0 bridgehead atoms. The molecule has 1 atom stereocenters. The smallest absolute Gasteiger partial charge is 0.125 e. The lowest BCUT2D eigenvalue weighted by atomic mass is 9.92. The number of nitrogens with two attached hydrogens (primary N) is 1. The molecule has 0 saturated heterocycles. The Bertz CT molecular complexity index is 612. The molecule has 2 aromatic carbocycles. The van der Waals surface area contributed by atoms with Crippen molar-refractivity contribution in [2.24, 2.45) is 5.73 Å². The van der Waals surface area contributed by atoms with Crippen molar-refractivity contribution < 1.29 is 4.74 Å². The Morgan fingerprint density at radius 2 is 2.00 bits per heavy atom. The maximum Gasteiger partial charge on any atom is 0.125 e. The van der Waals surface area contributed by atoms with Crippen molar-refractivity contribution in [2.75, 3.05) is 13.2 Å².